The first kappa shape index (κ1) is 23.6. The van der Waals surface area contributed by atoms with E-state index in [9.17, 15) is 0 Å². The van der Waals surface area contributed by atoms with Crippen LogP contribution in [0.5, 0.6) is 0 Å². The highest BCUT2D eigenvalue weighted by atomic mass is 14.9. The molecule has 0 N–H and O–H groups in total. The fourth-order valence-corrected chi connectivity index (χ4v) is 4.82. The second-order valence-electron chi connectivity index (χ2n) is 9.65. The van der Waals surface area contributed by atoms with Crippen LogP contribution in [0.15, 0.2) is 158 Å². The zero-order chi connectivity index (χ0) is 25.6. The summed E-state index contributed by atoms with van der Waals surface area (Å²) in [5.74, 6) is 0. The van der Waals surface area contributed by atoms with Gasteiger partial charge in [-0.15, -0.1) is 0 Å². The van der Waals surface area contributed by atoms with E-state index in [1.165, 1.54) is 33.4 Å². The first-order chi connectivity index (χ1) is 18.8. The Hall–Kier alpha value is -4.82. The molecule has 2 aromatic heterocycles. The molecule has 0 radical (unpaired) electrons. The third-order valence-electron chi connectivity index (χ3n) is 6.96. The molecule has 2 heterocycles. The fraction of sp³-hybridized carbons (Fsp3) is 0.0556. The van der Waals surface area contributed by atoms with Crippen LogP contribution in [-0.2, 0) is 12.8 Å². The minimum atomic E-state index is 0.955. The van der Waals surface area contributed by atoms with Gasteiger partial charge in [0.2, 0.25) is 11.4 Å². The summed E-state index contributed by atoms with van der Waals surface area (Å²) in [5, 5.41) is 0. The summed E-state index contributed by atoms with van der Waals surface area (Å²) in [5.41, 5.74) is 10.0. The van der Waals surface area contributed by atoms with Crippen LogP contribution in [0, 0.1) is 0 Å². The van der Waals surface area contributed by atoms with Gasteiger partial charge in [0.05, 0.1) is 0 Å². The topological polar surface area (TPSA) is 7.76 Å². The van der Waals surface area contributed by atoms with E-state index < -0.39 is 0 Å². The molecule has 0 atom stereocenters. The smallest absolute Gasteiger partial charge is 0.167 e. The molecule has 0 unspecified atom stereocenters. The highest BCUT2D eigenvalue weighted by molar-refractivity contribution is 5.61. The third kappa shape index (κ3) is 5.61. The lowest BCUT2D eigenvalue weighted by atomic mass is 10.0. The maximum atomic E-state index is 2.22. The normalized spacial score (nSPS) is 10.8. The maximum absolute atomic E-state index is 2.22. The van der Waals surface area contributed by atoms with Crippen molar-refractivity contribution in [2.45, 2.75) is 12.8 Å². The lowest BCUT2D eigenvalue weighted by Crippen LogP contribution is -2.29. The van der Waals surface area contributed by atoms with Gasteiger partial charge in [-0.25, -0.2) is 0 Å². The average molecular weight is 491 g/mol. The van der Waals surface area contributed by atoms with Crippen molar-refractivity contribution >= 4 is 0 Å². The van der Waals surface area contributed by atoms with Crippen molar-refractivity contribution < 1.29 is 9.13 Å². The van der Waals surface area contributed by atoms with E-state index in [4.69, 9.17) is 0 Å². The summed E-state index contributed by atoms with van der Waals surface area (Å²) in [4.78, 5) is 0. The van der Waals surface area contributed by atoms with Crippen LogP contribution in [0.25, 0.3) is 22.5 Å². The van der Waals surface area contributed by atoms with E-state index in [-0.39, 0.29) is 0 Å². The minimum absolute atomic E-state index is 0.955. The molecule has 6 aromatic rings. The van der Waals surface area contributed by atoms with Gasteiger partial charge in [-0.05, 0) is 46.2 Å². The van der Waals surface area contributed by atoms with Crippen molar-refractivity contribution in [1.82, 2.24) is 0 Å². The van der Waals surface area contributed by atoms with E-state index >= 15 is 0 Å². The highest BCUT2D eigenvalue weighted by Gasteiger charge is 2.10. The number of hydrogen-bond acceptors (Lipinski definition) is 0. The van der Waals surface area contributed by atoms with Gasteiger partial charge >= 0.3 is 0 Å². The Labute approximate surface area is 224 Å². The second kappa shape index (κ2) is 11.1. The molecule has 0 aliphatic heterocycles. The summed E-state index contributed by atoms with van der Waals surface area (Å²) in [6, 6.07) is 47.5. The Balaban J connectivity index is 1.11. The van der Waals surface area contributed by atoms with Gasteiger partial charge in [0.15, 0.2) is 24.8 Å². The number of aromatic nitrogens is 2. The molecule has 0 saturated heterocycles. The summed E-state index contributed by atoms with van der Waals surface area (Å²) in [7, 11) is 0. The number of hydrogen-bond donors (Lipinski definition) is 0. The number of benzene rings is 4. The van der Waals surface area contributed by atoms with Crippen molar-refractivity contribution in [2.75, 3.05) is 0 Å². The molecule has 2 heteroatoms. The standard InChI is InChI=1S/C36H30N2/c1-3-7-29(8-4-1)27-31-11-15-35(16-12-31)37-23-19-33(20-24-37)34-21-25-38(26-22-34)36-17-13-32(14-18-36)28-30-9-5-2-6-10-30/h1-26H,27-28H2/q+2. The molecule has 0 spiro atoms. The second-order valence-corrected chi connectivity index (χ2v) is 9.65. The minimum Gasteiger partial charge on any atom is -0.167 e. The summed E-state index contributed by atoms with van der Waals surface area (Å²) in [6.45, 7) is 0. The van der Waals surface area contributed by atoms with E-state index in [1.807, 2.05) is 0 Å². The number of rotatable bonds is 7. The molecule has 182 valence electrons. The van der Waals surface area contributed by atoms with Crippen molar-refractivity contribution in [3.63, 3.8) is 0 Å². The quantitative estimate of drug-likeness (QED) is 0.211. The maximum Gasteiger partial charge on any atom is 0.210 e. The van der Waals surface area contributed by atoms with Gasteiger partial charge in [-0.2, -0.15) is 9.13 Å². The van der Waals surface area contributed by atoms with Gasteiger partial charge < -0.3 is 0 Å². The fourth-order valence-electron chi connectivity index (χ4n) is 4.82. The zero-order valence-electron chi connectivity index (χ0n) is 21.3. The predicted molar refractivity (Wildman–Crippen MR) is 153 cm³/mol. The van der Waals surface area contributed by atoms with Crippen LogP contribution in [0.4, 0.5) is 0 Å². The van der Waals surface area contributed by atoms with Crippen LogP contribution >= 0.6 is 0 Å². The molecule has 0 aliphatic rings. The van der Waals surface area contributed by atoms with Gasteiger partial charge in [0.1, 0.15) is 0 Å². The Kier molecular flexibility index (Phi) is 6.86. The number of nitrogens with zero attached hydrogens (tertiary/aromatic N) is 2. The SMILES string of the molecule is c1ccc(Cc2ccc(-[n+]3ccc(-c4cc[n+](-c5ccc(Cc6ccccc6)cc5)cc4)cc3)cc2)cc1. The molecule has 6 rings (SSSR count). The average Bonchev–Trinajstić information content (AvgIpc) is 2.99. The Morgan fingerprint density at radius 2 is 0.632 bits per heavy atom. The van der Waals surface area contributed by atoms with Gasteiger partial charge in [0.25, 0.3) is 0 Å². The lowest BCUT2D eigenvalue weighted by molar-refractivity contribution is -0.596. The van der Waals surface area contributed by atoms with Gasteiger partial charge in [0, 0.05) is 48.5 Å². The van der Waals surface area contributed by atoms with Crippen molar-refractivity contribution in [3.05, 3.63) is 181 Å². The molecule has 4 aromatic carbocycles. The van der Waals surface area contributed by atoms with Crippen molar-refractivity contribution in [1.29, 1.82) is 0 Å². The van der Waals surface area contributed by atoms with Gasteiger partial charge in [-0.1, -0.05) is 84.9 Å². The molecule has 0 amide bonds. The summed E-state index contributed by atoms with van der Waals surface area (Å²) in [6.07, 6.45) is 10.4. The van der Waals surface area contributed by atoms with E-state index in [1.54, 1.807) is 0 Å². The summed E-state index contributed by atoms with van der Waals surface area (Å²) >= 11 is 0. The monoisotopic (exact) mass is 490 g/mol. The summed E-state index contributed by atoms with van der Waals surface area (Å²) < 4.78 is 4.33. The molecule has 0 aliphatic carbocycles. The van der Waals surface area contributed by atoms with E-state index in [2.05, 4.69) is 167 Å². The zero-order valence-corrected chi connectivity index (χ0v) is 21.3. The third-order valence-corrected chi connectivity index (χ3v) is 6.96. The van der Waals surface area contributed by atoms with Crippen LogP contribution in [0.2, 0.25) is 0 Å². The largest absolute Gasteiger partial charge is 0.210 e. The van der Waals surface area contributed by atoms with Crippen LogP contribution in [-0.4, -0.2) is 0 Å². The molecule has 0 bridgehead atoms. The first-order valence-corrected chi connectivity index (χ1v) is 13.1. The Morgan fingerprint density at radius 3 is 0.974 bits per heavy atom. The Bertz CT molecular complexity index is 1460. The van der Waals surface area contributed by atoms with Gasteiger partial charge in [-0.3, -0.25) is 0 Å². The van der Waals surface area contributed by atoms with Crippen LogP contribution in [0.1, 0.15) is 22.3 Å². The Morgan fingerprint density at radius 1 is 0.316 bits per heavy atom. The molecule has 0 saturated carbocycles. The van der Waals surface area contributed by atoms with E-state index in [0.29, 0.717) is 0 Å². The molecule has 0 fully saturated rings. The predicted octanol–water partition coefficient (Wildman–Crippen LogP) is 7.09. The molecular formula is C36H30N2+2. The van der Waals surface area contributed by atoms with Crippen LogP contribution in [0.3, 0.4) is 0 Å². The van der Waals surface area contributed by atoms with Crippen molar-refractivity contribution in [3.8, 4) is 22.5 Å². The number of pyridine rings is 2. The molecular weight excluding hydrogens is 460 g/mol. The first-order valence-electron chi connectivity index (χ1n) is 13.1. The van der Waals surface area contributed by atoms with Crippen LogP contribution < -0.4 is 9.13 Å². The van der Waals surface area contributed by atoms with Crippen molar-refractivity contribution in [2.24, 2.45) is 0 Å². The molecule has 2 nitrogen and oxygen atoms in total. The lowest BCUT2D eigenvalue weighted by Gasteiger charge is -2.04. The highest BCUT2D eigenvalue weighted by Crippen LogP contribution is 2.18. The molecule has 38 heavy (non-hydrogen) atoms. The van der Waals surface area contributed by atoms with E-state index in [0.717, 1.165) is 24.2 Å².